The minimum absolute atomic E-state index is 0.130. The topological polar surface area (TPSA) is 0 Å². The van der Waals surface area contributed by atoms with Crippen LogP contribution in [-0.4, -0.2) is 0 Å². The first-order valence-corrected chi connectivity index (χ1v) is 11.6. The van der Waals surface area contributed by atoms with Gasteiger partial charge in [-0.1, -0.05) is 80.5 Å². The van der Waals surface area contributed by atoms with Gasteiger partial charge in [0.05, 0.1) is 0 Å². The van der Waals surface area contributed by atoms with E-state index in [9.17, 15) is 0 Å². The van der Waals surface area contributed by atoms with Crippen LogP contribution in [0.15, 0.2) is 71.9 Å². The van der Waals surface area contributed by atoms with Crippen molar-refractivity contribution in [1.29, 1.82) is 0 Å². The summed E-state index contributed by atoms with van der Waals surface area (Å²) in [6, 6.07) is 0. The molecule has 0 N–H and O–H groups in total. The van der Waals surface area contributed by atoms with E-state index in [2.05, 4.69) is 71.7 Å². The molecule has 4 rings (SSSR count). The van der Waals surface area contributed by atoms with Gasteiger partial charge in [-0.3, -0.25) is 0 Å². The quantitative estimate of drug-likeness (QED) is 0.414. The maximum absolute atomic E-state index is 4.45. The zero-order valence-electron chi connectivity index (χ0n) is 19.8. The molecule has 0 aromatic carbocycles. The number of allylic oxidation sites excluding steroid dienone is 9. The van der Waals surface area contributed by atoms with E-state index < -0.39 is 0 Å². The number of hydrogen-bond acceptors (Lipinski definition) is 0. The largest absolute Gasteiger partial charge is 0.100 e. The number of rotatable bonds is 2. The molecule has 4 aliphatic carbocycles. The summed E-state index contributed by atoms with van der Waals surface area (Å²) >= 11 is 0. The molecule has 4 aliphatic rings. The Labute approximate surface area is 180 Å². The molecule has 0 nitrogen and oxygen atoms in total. The Morgan fingerprint density at radius 1 is 1.14 bits per heavy atom. The lowest BCUT2D eigenvalue weighted by Gasteiger charge is -2.54. The van der Waals surface area contributed by atoms with Crippen molar-refractivity contribution in [2.45, 2.75) is 73.6 Å². The molecule has 0 radical (unpaired) electrons. The first-order valence-electron chi connectivity index (χ1n) is 11.6. The number of hydrogen-bond donors (Lipinski definition) is 0. The van der Waals surface area contributed by atoms with E-state index in [0.717, 1.165) is 24.2 Å². The summed E-state index contributed by atoms with van der Waals surface area (Å²) in [5.74, 6) is 2.97. The molecule has 0 amide bonds. The molecule has 29 heavy (non-hydrogen) atoms. The predicted octanol–water partition coefficient (Wildman–Crippen LogP) is 8.61. The van der Waals surface area contributed by atoms with E-state index in [1.807, 2.05) is 13.8 Å². The summed E-state index contributed by atoms with van der Waals surface area (Å²) in [5, 5.41) is 0. The first-order chi connectivity index (χ1) is 13.5. The van der Waals surface area contributed by atoms with Gasteiger partial charge in [0.2, 0.25) is 0 Å². The zero-order valence-corrected chi connectivity index (χ0v) is 19.8. The second-order valence-corrected chi connectivity index (χ2v) is 10.8. The summed E-state index contributed by atoms with van der Waals surface area (Å²) in [5.41, 5.74) is 7.70. The highest BCUT2D eigenvalue weighted by Gasteiger charge is 2.56. The first kappa shape index (κ1) is 22.1. The van der Waals surface area contributed by atoms with Gasteiger partial charge in [-0.2, -0.15) is 0 Å². The summed E-state index contributed by atoms with van der Waals surface area (Å²) in [7, 11) is 0. The lowest BCUT2D eigenvalue weighted by Crippen LogP contribution is -2.45. The lowest BCUT2D eigenvalue weighted by molar-refractivity contribution is 0.0944. The Morgan fingerprint density at radius 2 is 1.79 bits per heavy atom. The molecule has 0 heterocycles. The standard InChI is InChI=1S/C25H34.C4H8/c1-7-17(3)20-8-9-21-19-15-18(4)23-14-16(2)10-12-25(23,6)22(19)11-13-24(20,21)5;1-4(2)3/h10-12,14,18-21H,2-3,7-9,13,15H2,1,4-6H3;1H2,2-3H3/t18-,19?,20+,21?,24+,25+;/m0./s1. The van der Waals surface area contributed by atoms with Crippen molar-refractivity contribution in [2.24, 2.45) is 34.5 Å². The highest BCUT2D eigenvalue weighted by Crippen LogP contribution is 2.65. The second-order valence-electron chi connectivity index (χ2n) is 10.8. The smallest absolute Gasteiger partial charge is 0.0284 e. The van der Waals surface area contributed by atoms with Crippen molar-refractivity contribution in [2.75, 3.05) is 0 Å². The van der Waals surface area contributed by atoms with E-state index >= 15 is 0 Å². The van der Waals surface area contributed by atoms with Gasteiger partial charge >= 0.3 is 0 Å². The van der Waals surface area contributed by atoms with E-state index in [1.165, 1.54) is 42.4 Å². The SMILES string of the molecule is C=C(C)C.C=C1C=C[C@]2(C)C3=CC[C@@]4(C)C(CC[C@@H]4C(=C)CC)C3C[C@H](C)C2=C1. The van der Waals surface area contributed by atoms with Gasteiger partial charge in [-0.15, -0.1) is 6.58 Å². The Bertz CT molecular complexity index is 796. The Morgan fingerprint density at radius 3 is 2.41 bits per heavy atom. The average Bonchev–Trinajstić information content (AvgIpc) is 3.00. The minimum atomic E-state index is 0.130. The van der Waals surface area contributed by atoms with Crippen molar-refractivity contribution >= 4 is 0 Å². The van der Waals surface area contributed by atoms with Gasteiger partial charge in [0, 0.05) is 5.41 Å². The molecule has 158 valence electrons. The molecule has 0 heteroatoms. The third-order valence-corrected chi connectivity index (χ3v) is 8.31. The monoisotopic (exact) mass is 390 g/mol. The average molecular weight is 391 g/mol. The molecular formula is C29H42. The molecule has 0 aliphatic heterocycles. The van der Waals surface area contributed by atoms with Gasteiger partial charge in [0.25, 0.3) is 0 Å². The second kappa shape index (κ2) is 7.93. The van der Waals surface area contributed by atoms with Crippen LogP contribution in [0, 0.1) is 34.5 Å². The summed E-state index contributed by atoms with van der Waals surface area (Å²) in [4.78, 5) is 0. The van der Waals surface area contributed by atoms with Gasteiger partial charge < -0.3 is 0 Å². The van der Waals surface area contributed by atoms with Crippen LogP contribution >= 0.6 is 0 Å². The van der Waals surface area contributed by atoms with Crippen LogP contribution in [0.2, 0.25) is 0 Å². The molecule has 0 aromatic heterocycles. The van der Waals surface area contributed by atoms with Crippen molar-refractivity contribution in [1.82, 2.24) is 0 Å². The third kappa shape index (κ3) is 3.69. The van der Waals surface area contributed by atoms with E-state index in [1.54, 1.807) is 11.1 Å². The van der Waals surface area contributed by atoms with E-state index in [-0.39, 0.29) is 5.41 Å². The molecule has 0 spiro atoms. The van der Waals surface area contributed by atoms with Crippen LogP contribution in [0.5, 0.6) is 0 Å². The Hall–Kier alpha value is -1.56. The van der Waals surface area contributed by atoms with Crippen LogP contribution in [0.4, 0.5) is 0 Å². The normalized spacial score (nSPS) is 39.9. The van der Waals surface area contributed by atoms with E-state index in [4.69, 9.17) is 0 Å². The van der Waals surface area contributed by atoms with Gasteiger partial charge in [-0.05, 0) is 87.5 Å². The van der Waals surface area contributed by atoms with Crippen LogP contribution in [0.25, 0.3) is 0 Å². The number of fused-ring (bicyclic) bond motifs is 5. The lowest BCUT2D eigenvalue weighted by atomic mass is 9.50. The molecule has 0 saturated heterocycles. The van der Waals surface area contributed by atoms with Crippen LogP contribution in [-0.2, 0) is 0 Å². The highest BCUT2D eigenvalue weighted by atomic mass is 14.6. The molecule has 6 atom stereocenters. The Kier molecular flexibility index (Phi) is 6.06. The van der Waals surface area contributed by atoms with Gasteiger partial charge in [0.15, 0.2) is 0 Å². The fourth-order valence-electron chi connectivity index (χ4n) is 6.91. The van der Waals surface area contributed by atoms with Crippen LogP contribution < -0.4 is 0 Å². The molecule has 2 fully saturated rings. The van der Waals surface area contributed by atoms with Crippen LogP contribution in [0.1, 0.15) is 73.6 Å². The maximum atomic E-state index is 4.45. The summed E-state index contributed by atoms with van der Waals surface area (Å²) in [6.45, 7) is 25.9. The third-order valence-electron chi connectivity index (χ3n) is 8.31. The molecule has 2 unspecified atom stereocenters. The predicted molar refractivity (Wildman–Crippen MR) is 129 cm³/mol. The van der Waals surface area contributed by atoms with Gasteiger partial charge in [-0.25, -0.2) is 0 Å². The van der Waals surface area contributed by atoms with Gasteiger partial charge in [0.1, 0.15) is 0 Å². The van der Waals surface area contributed by atoms with Crippen molar-refractivity contribution in [3.05, 3.63) is 71.9 Å². The van der Waals surface area contributed by atoms with Crippen molar-refractivity contribution in [3.8, 4) is 0 Å². The molecule has 0 bridgehead atoms. The zero-order chi connectivity index (χ0) is 21.6. The summed E-state index contributed by atoms with van der Waals surface area (Å²) < 4.78 is 0. The summed E-state index contributed by atoms with van der Waals surface area (Å²) in [6.07, 6.45) is 16.1. The minimum Gasteiger partial charge on any atom is -0.100 e. The molecular weight excluding hydrogens is 348 g/mol. The fraction of sp³-hybridized carbons (Fsp3) is 0.586. The van der Waals surface area contributed by atoms with E-state index in [0.29, 0.717) is 11.3 Å². The fourth-order valence-corrected chi connectivity index (χ4v) is 6.91. The highest BCUT2D eigenvalue weighted by molar-refractivity contribution is 5.51. The molecule has 0 aromatic rings. The van der Waals surface area contributed by atoms with Crippen molar-refractivity contribution in [3.63, 3.8) is 0 Å². The molecule has 2 saturated carbocycles. The Balaban J connectivity index is 0.000000552. The van der Waals surface area contributed by atoms with Crippen molar-refractivity contribution < 1.29 is 0 Å². The van der Waals surface area contributed by atoms with Crippen LogP contribution in [0.3, 0.4) is 0 Å². The maximum Gasteiger partial charge on any atom is 0.0284 e.